The van der Waals surface area contributed by atoms with Gasteiger partial charge in [-0.2, -0.15) is 4.98 Å². The summed E-state index contributed by atoms with van der Waals surface area (Å²) in [5.74, 6) is 1.65. The van der Waals surface area contributed by atoms with E-state index in [-0.39, 0.29) is 11.8 Å². The highest BCUT2D eigenvalue weighted by molar-refractivity contribution is 5.77. The van der Waals surface area contributed by atoms with Crippen molar-refractivity contribution in [2.75, 3.05) is 38.2 Å². The Morgan fingerprint density at radius 2 is 1.88 bits per heavy atom. The molecule has 1 aromatic heterocycles. The van der Waals surface area contributed by atoms with Crippen LogP contribution in [0.4, 0.5) is 5.95 Å². The Morgan fingerprint density at radius 1 is 1.16 bits per heavy atom. The lowest BCUT2D eigenvalue weighted by Crippen LogP contribution is -2.49. The topological polar surface area (TPSA) is 58.6 Å². The highest BCUT2D eigenvalue weighted by atomic mass is 16.5. The Labute approximate surface area is 148 Å². The number of carbonyl (C=O) groups excluding carboxylic acids is 1. The van der Waals surface area contributed by atoms with Crippen LogP contribution in [0.15, 0.2) is 42.6 Å². The van der Waals surface area contributed by atoms with Crippen LogP contribution in [-0.4, -0.2) is 54.1 Å². The molecule has 0 bridgehead atoms. The number of methoxy groups -OCH3 is 1. The number of piperazine rings is 1. The third kappa shape index (κ3) is 4.26. The molecular weight excluding hydrogens is 316 g/mol. The lowest BCUT2D eigenvalue weighted by Gasteiger charge is -2.35. The standard InChI is InChI=1S/C19H24N4O2/c1-15(16-6-4-3-5-7-16)14-18(24)22-10-12-23(13-11-22)19-20-9-8-17(21-19)25-2/h3-9,15H,10-14H2,1-2H3/t15-/m0/s1. The molecule has 6 nitrogen and oxygen atoms in total. The lowest BCUT2D eigenvalue weighted by atomic mass is 9.97. The van der Waals surface area contributed by atoms with Crippen LogP contribution in [0.2, 0.25) is 0 Å². The Kier molecular flexibility index (Phi) is 5.48. The maximum Gasteiger partial charge on any atom is 0.228 e. The van der Waals surface area contributed by atoms with Crippen LogP contribution in [-0.2, 0) is 4.79 Å². The first-order chi connectivity index (χ1) is 12.2. The zero-order valence-corrected chi connectivity index (χ0v) is 14.8. The monoisotopic (exact) mass is 340 g/mol. The molecule has 1 atom stereocenters. The Balaban J connectivity index is 1.54. The van der Waals surface area contributed by atoms with E-state index in [1.165, 1.54) is 5.56 Å². The van der Waals surface area contributed by atoms with Gasteiger partial charge in [0.05, 0.1) is 7.11 Å². The molecule has 0 unspecified atom stereocenters. The number of benzene rings is 1. The molecule has 6 heteroatoms. The van der Waals surface area contributed by atoms with Gasteiger partial charge in [-0.3, -0.25) is 4.79 Å². The molecular formula is C19H24N4O2. The normalized spacial score (nSPS) is 15.8. The van der Waals surface area contributed by atoms with Crippen LogP contribution < -0.4 is 9.64 Å². The predicted molar refractivity (Wildman–Crippen MR) is 96.9 cm³/mol. The first-order valence-corrected chi connectivity index (χ1v) is 8.62. The van der Waals surface area contributed by atoms with Crippen molar-refractivity contribution in [1.29, 1.82) is 0 Å². The molecule has 0 spiro atoms. The number of nitrogens with zero attached hydrogens (tertiary/aromatic N) is 4. The number of ether oxygens (including phenoxy) is 1. The largest absolute Gasteiger partial charge is 0.481 e. The van der Waals surface area contributed by atoms with Gasteiger partial charge in [-0.1, -0.05) is 37.3 Å². The minimum atomic E-state index is 0.211. The molecule has 0 N–H and O–H groups in total. The fraction of sp³-hybridized carbons (Fsp3) is 0.421. The van der Waals surface area contributed by atoms with Crippen LogP contribution in [0.3, 0.4) is 0 Å². The second-order valence-electron chi connectivity index (χ2n) is 6.28. The maximum absolute atomic E-state index is 12.6. The lowest BCUT2D eigenvalue weighted by molar-refractivity contribution is -0.131. The smallest absolute Gasteiger partial charge is 0.228 e. The summed E-state index contributed by atoms with van der Waals surface area (Å²) in [5, 5.41) is 0. The van der Waals surface area contributed by atoms with Crippen molar-refractivity contribution in [3.8, 4) is 5.88 Å². The van der Waals surface area contributed by atoms with Crippen molar-refractivity contribution < 1.29 is 9.53 Å². The molecule has 3 rings (SSSR count). The number of rotatable bonds is 5. The van der Waals surface area contributed by atoms with Gasteiger partial charge < -0.3 is 14.5 Å². The summed E-state index contributed by atoms with van der Waals surface area (Å²) in [4.78, 5) is 25.3. The molecule has 1 saturated heterocycles. The van der Waals surface area contributed by atoms with Crippen LogP contribution in [0.1, 0.15) is 24.8 Å². The van der Waals surface area contributed by atoms with E-state index >= 15 is 0 Å². The summed E-state index contributed by atoms with van der Waals surface area (Å²) in [6, 6.07) is 11.9. The predicted octanol–water partition coefficient (Wildman–Crippen LogP) is 2.33. The van der Waals surface area contributed by atoms with Crippen molar-refractivity contribution >= 4 is 11.9 Å². The van der Waals surface area contributed by atoms with Crippen LogP contribution in [0, 0.1) is 0 Å². The van der Waals surface area contributed by atoms with Crippen LogP contribution in [0.25, 0.3) is 0 Å². The van der Waals surface area contributed by atoms with Crippen molar-refractivity contribution in [3.63, 3.8) is 0 Å². The van der Waals surface area contributed by atoms with E-state index in [9.17, 15) is 4.79 Å². The van der Waals surface area contributed by atoms with Gasteiger partial charge in [0, 0.05) is 44.9 Å². The van der Waals surface area contributed by atoms with E-state index < -0.39 is 0 Å². The van der Waals surface area contributed by atoms with Crippen LogP contribution >= 0.6 is 0 Å². The van der Waals surface area contributed by atoms with E-state index in [0.717, 1.165) is 13.1 Å². The Bertz CT molecular complexity index is 700. The van der Waals surface area contributed by atoms with E-state index in [1.807, 2.05) is 23.1 Å². The first-order valence-electron chi connectivity index (χ1n) is 8.62. The fourth-order valence-corrected chi connectivity index (χ4v) is 3.04. The van der Waals surface area contributed by atoms with E-state index in [4.69, 9.17) is 4.74 Å². The highest BCUT2D eigenvalue weighted by Gasteiger charge is 2.24. The zero-order valence-electron chi connectivity index (χ0n) is 14.8. The minimum absolute atomic E-state index is 0.211. The molecule has 0 aliphatic carbocycles. The quantitative estimate of drug-likeness (QED) is 0.836. The molecule has 1 fully saturated rings. The molecule has 0 radical (unpaired) electrons. The third-order valence-electron chi connectivity index (χ3n) is 4.59. The van der Waals surface area contributed by atoms with Gasteiger partial charge in [0.15, 0.2) is 0 Å². The van der Waals surface area contributed by atoms with Gasteiger partial charge in [-0.25, -0.2) is 4.98 Å². The van der Waals surface area contributed by atoms with Gasteiger partial charge in [0.25, 0.3) is 0 Å². The third-order valence-corrected chi connectivity index (χ3v) is 4.59. The Morgan fingerprint density at radius 3 is 2.56 bits per heavy atom. The summed E-state index contributed by atoms with van der Waals surface area (Å²) >= 11 is 0. The molecule has 132 valence electrons. The second-order valence-corrected chi connectivity index (χ2v) is 6.28. The summed E-state index contributed by atoms with van der Waals surface area (Å²) in [7, 11) is 1.59. The Hall–Kier alpha value is -2.63. The molecule has 1 aromatic carbocycles. The van der Waals surface area contributed by atoms with Crippen molar-refractivity contribution in [2.45, 2.75) is 19.3 Å². The van der Waals surface area contributed by atoms with E-state index in [0.29, 0.717) is 31.3 Å². The average molecular weight is 340 g/mol. The van der Waals surface area contributed by atoms with Gasteiger partial charge in [-0.05, 0) is 11.5 Å². The van der Waals surface area contributed by atoms with E-state index in [2.05, 4.69) is 33.9 Å². The van der Waals surface area contributed by atoms with Crippen molar-refractivity contribution in [1.82, 2.24) is 14.9 Å². The van der Waals surface area contributed by atoms with Crippen molar-refractivity contribution in [3.05, 3.63) is 48.2 Å². The van der Waals surface area contributed by atoms with Crippen LogP contribution in [0.5, 0.6) is 5.88 Å². The summed E-state index contributed by atoms with van der Waals surface area (Å²) in [6.45, 7) is 4.96. The number of carbonyl (C=O) groups is 1. The summed E-state index contributed by atoms with van der Waals surface area (Å²) in [6.07, 6.45) is 2.24. The van der Waals surface area contributed by atoms with Crippen molar-refractivity contribution in [2.24, 2.45) is 0 Å². The highest BCUT2D eigenvalue weighted by Crippen LogP contribution is 2.21. The molecule has 0 saturated carbocycles. The van der Waals surface area contributed by atoms with Gasteiger partial charge in [0.2, 0.25) is 17.7 Å². The molecule has 2 heterocycles. The van der Waals surface area contributed by atoms with Gasteiger partial charge in [-0.15, -0.1) is 0 Å². The molecule has 1 amide bonds. The second kappa shape index (κ2) is 7.96. The molecule has 1 aliphatic heterocycles. The molecule has 25 heavy (non-hydrogen) atoms. The number of hydrogen-bond donors (Lipinski definition) is 0. The SMILES string of the molecule is COc1ccnc(N2CCN(C(=O)C[C@H](C)c3ccccc3)CC2)n1. The van der Waals surface area contributed by atoms with E-state index in [1.54, 1.807) is 19.4 Å². The fourth-order valence-electron chi connectivity index (χ4n) is 3.04. The average Bonchev–Trinajstić information content (AvgIpc) is 2.68. The number of aromatic nitrogens is 2. The number of anilines is 1. The molecule has 1 aliphatic rings. The van der Waals surface area contributed by atoms with Gasteiger partial charge in [0.1, 0.15) is 0 Å². The minimum Gasteiger partial charge on any atom is -0.481 e. The first kappa shape index (κ1) is 17.2. The summed E-state index contributed by atoms with van der Waals surface area (Å²) < 4.78 is 5.15. The maximum atomic E-state index is 12.6. The number of amides is 1. The van der Waals surface area contributed by atoms with Gasteiger partial charge >= 0.3 is 0 Å². The zero-order chi connectivity index (χ0) is 17.6. The summed E-state index contributed by atoms with van der Waals surface area (Å²) in [5.41, 5.74) is 1.21. The molecule has 2 aromatic rings. The number of hydrogen-bond acceptors (Lipinski definition) is 5.